The van der Waals surface area contributed by atoms with E-state index >= 15 is 0 Å². The number of carbonyl (C=O) groups excluding carboxylic acids is 1. The highest BCUT2D eigenvalue weighted by Crippen LogP contribution is 2.27. The lowest BCUT2D eigenvalue weighted by atomic mass is 9.86. The van der Waals surface area contributed by atoms with Gasteiger partial charge in [-0.05, 0) is 84.8 Å². The van der Waals surface area contributed by atoms with E-state index in [1.165, 1.54) is 29.8 Å². The lowest BCUT2D eigenvalue weighted by Crippen LogP contribution is -2.41. The Morgan fingerprint density at radius 2 is 1.54 bits per heavy atom. The van der Waals surface area contributed by atoms with E-state index in [1.807, 2.05) is 39.0 Å². The molecule has 0 radical (unpaired) electrons. The molecule has 3 rings (SSSR count). The Morgan fingerprint density at radius 3 is 2.09 bits per heavy atom. The van der Waals surface area contributed by atoms with Crippen LogP contribution in [0.3, 0.4) is 0 Å². The number of halogens is 1. The van der Waals surface area contributed by atoms with Gasteiger partial charge in [-0.25, -0.2) is 8.42 Å². The van der Waals surface area contributed by atoms with Gasteiger partial charge in [-0.15, -0.1) is 0 Å². The first-order chi connectivity index (χ1) is 16.3. The largest absolute Gasteiger partial charge is 0.348 e. The molecule has 1 atom stereocenters. The zero-order chi connectivity index (χ0) is 26.0. The molecule has 7 heteroatoms. The van der Waals surface area contributed by atoms with Crippen LogP contribution in [0.2, 0.25) is 5.02 Å². The highest BCUT2D eigenvalue weighted by atomic mass is 35.5. The molecule has 186 valence electrons. The van der Waals surface area contributed by atoms with Gasteiger partial charge >= 0.3 is 0 Å². The summed E-state index contributed by atoms with van der Waals surface area (Å²) in [7, 11) is -4.00. The summed E-state index contributed by atoms with van der Waals surface area (Å²) < 4.78 is 28.3. The average Bonchev–Trinajstić information content (AvgIpc) is 2.79. The quantitative estimate of drug-likeness (QED) is 0.402. The van der Waals surface area contributed by atoms with Gasteiger partial charge < -0.3 is 5.32 Å². The van der Waals surface area contributed by atoms with Gasteiger partial charge in [-0.2, -0.15) is 0 Å². The number of nitrogens with one attached hydrogen (secondary N) is 1. The fraction of sp³-hybridized carbons (Fsp3) is 0.321. The van der Waals surface area contributed by atoms with Crippen LogP contribution in [0.4, 0.5) is 5.69 Å². The van der Waals surface area contributed by atoms with Crippen molar-refractivity contribution < 1.29 is 13.2 Å². The van der Waals surface area contributed by atoms with Crippen LogP contribution in [-0.2, 0) is 20.2 Å². The number of carbonyl (C=O) groups is 1. The van der Waals surface area contributed by atoms with Gasteiger partial charge in [0.05, 0.1) is 16.6 Å². The van der Waals surface area contributed by atoms with Gasteiger partial charge in [0.15, 0.2) is 0 Å². The molecule has 0 bridgehead atoms. The van der Waals surface area contributed by atoms with Crippen molar-refractivity contribution in [2.75, 3.05) is 10.8 Å². The Hall–Kier alpha value is -2.83. The van der Waals surface area contributed by atoms with Gasteiger partial charge in [0.2, 0.25) is 5.91 Å². The summed E-state index contributed by atoms with van der Waals surface area (Å²) in [5, 5.41) is 3.38. The SMILES string of the molecule is Cc1ccc(N(CC(=O)NC(C)c2ccc(C(C)(C)C)cc2)S(=O)(=O)c2ccc(Cl)cc2)cc1C. The Kier molecular flexibility index (Phi) is 7.97. The van der Waals surface area contributed by atoms with E-state index in [-0.39, 0.29) is 22.9 Å². The summed E-state index contributed by atoms with van der Waals surface area (Å²) in [6.45, 7) is 11.9. The Balaban J connectivity index is 1.87. The third-order valence-electron chi connectivity index (χ3n) is 6.12. The lowest BCUT2D eigenvalue weighted by Gasteiger charge is -2.26. The van der Waals surface area contributed by atoms with Gasteiger partial charge in [0.25, 0.3) is 10.0 Å². The van der Waals surface area contributed by atoms with Crippen molar-refractivity contribution in [2.24, 2.45) is 0 Å². The number of amides is 1. The summed E-state index contributed by atoms with van der Waals surface area (Å²) in [6, 6.07) is 19.1. The number of aryl methyl sites for hydroxylation is 2. The molecule has 0 spiro atoms. The van der Waals surface area contributed by atoms with Crippen molar-refractivity contribution in [2.45, 2.75) is 57.9 Å². The molecule has 0 saturated heterocycles. The molecule has 35 heavy (non-hydrogen) atoms. The van der Waals surface area contributed by atoms with Gasteiger partial charge in [-0.3, -0.25) is 9.10 Å². The summed E-state index contributed by atoms with van der Waals surface area (Å²) in [5.41, 5.74) is 4.59. The Morgan fingerprint density at radius 1 is 0.943 bits per heavy atom. The summed E-state index contributed by atoms with van der Waals surface area (Å²) >= 11 is 5.96. The minimum atomic E-state index is -4.00. The number of nitrogens with zero attached hydrogens (tertiary/aromatic N) is 1. The minimum absolute atomic E-state index is 0.0354. The van der Waals surface area contributed by atoms with Crippen molar-refractivity contribution >= 4 is 33.2 Å². The van der Waals surface area contributed by atoms with E-state index in [0.717, 1.165) is 21.0 Å². The molecule has 0 aliphatic rings. The van der Waals surface area contributed by atoms with Gasteiger partial charge in [-0.1, -0.05) is 62.7 Å². The fourth-order valence-corrected chi connectivity index (χ4v) is 5.24. The van der Waals surface area contributed by atoms with Crippen LogP contribution in [0.1, 0.15) is 56.0 Å². The smallest absolute Gasteiger partial charge is 0.264 e. The van der Waals surface area contributed by atoms with Crippen LogP contribution in [0, 0.1) is 13.8 Å². The first-order valence-corrected chi connectivity index (χ1v) is 13.4. The van der Waals surface area contributed by atoms with E-state index in [4.69, 9.17) is 11.6 Å². The second-order valence-corrected chi connectivity index (χ2v) is 12.2. The second-order valence-electron chi connectivity index (χ2n) is 9.90. The molecule has 1 N–H and O–H groups in total. The predicted octanol–water partition coefficient (Wildman–Crippen LogP) is 6.33. The van der Waals surface area contributed by atoms with Crippen LogP contribution in [0.15, 0.2) is 71.6 Å². The molecule has 1 amide bonds. The molecule has 3 aromatic rings. The van der Waals surface area contributed by atoms with E-state index in [1.54, 1.807) is 12.1 Å². The molecule has 1 unspecified atom stereocenters. The molecular formula is C28H33ClN2O3S. The maximum Gasteiger partial charge on any atom is 0.264 e. The third-order valence-corrected chi connectivity index (χ3v) is 8.16. The number of sulfonamides is 1. The average molecular weight is 513 g/mol. The maximum atomic E-state index is 13.6. The first kappa shape index (κ1) is 26.8. The molecule has 5 nitrogen and oxygen atoms in total. The van der Waals surface area contributed by atoms with Crippen LogP contribution >= 0.6 is 11.6 Å². The molecule has 3 aromatic carbocycles. The minimum Gasteiger partial charge on any atom is -0.348 e. The van der Waals surface area contributed by atoms with E-state index in [9.17, 15) is 13.2 Å². The molecule has 0 saturated carbocycles. The molecule has 0 aliphatic heterocycles. The van der Waals surface area contributed by atoms with Crippen molar-refractivity contribution in [3.8, 4) is 0 Å². The summed E-state index contributed by atoms with van der Waals surface area (Å²) in [6.07, 6.45) is 0. The third kappa shape index (κ3) is 6.44. The van der Waals surface area contributed by atoms with E-state index in [0.29, 0.717) is 10.7 Å². The maximum absolute atomic E-state index is 13.6. The first-order valence-electron chi connectivity index (χ1n) is 11.5. The molecule has 0 heterocycles. The Bertz CT molecular complexity index is 1300. The Labute approximate surface area is 214 Å². The van der Waals surface area contributed by atoms with Gasteiger partial charge in [0.1, 0.15) is 6.54 Å². The number of rotatable bonds is 7. The standard InChI is InChI=1S/C28H33ClN2O3S/c1-19-7-14-25(17-20(19)2)31(35(33,34)26-15-12-24(29)13-16-26)18-27(32)30-21(3)22-8-10-23(11-9-22)28(4,5)6/h7-17,21H,18H2,1-6H3,(H,30,32). The normalized spacial score (nSPS) is 12.8. The van der Waals surface area contributed by atoms with Crippen LogP contribution in [0.5, 0.6) is 0 Å². The number of hydrogen-bond acceptors (Lipinski definition) is 3. The van der Waals surface area contributed by atoms with Crippen molar-refractivity contribution in [1.82, 2.24) is 5.32 Å². The zero-order valence-corrected chi connectivity index (χ0v) is 22.7. The van der Waals surface area contributed by atoms with Crippen molar-refractivity contribution in [1.29, 1.82) is 0 Å². The summed E-state index contributed by atoms with van der Waals surface area (Å²) in [5.74, 6) is -0.395. The van der Waals surface area contributed by atoms with E-state index < -0.39 is 15.9 Å². The van der Waals surface area contributed by atoms with Crippen molar-refractivity contribution in [3.63, 3.8) is 0 Å². The number of anilines is 1. The van der Waals surface area contributed by atoms with Crippen LogP contribution in [0.25, 0.3) is 0 Å². The highest BCUT2D eigenvalue weighted by molar-refractivity contribution is 7.92. The lowest BCUT2D eigenvalue weighted by molar-refractivity contribution is -0.120. The summed E-state index contributed by atoms with van der Waals surface area (Å²) in [4.78, 5) is 13.2. The second kappa shape index (κ2) is 10.4. The van der Waals surface area contributed by atoms with Crippen LogP contribution in [-0.4, -0.2) is 20.9 Å². The number of benzene rings is 3. The molecule has 0 aliphatic carbocycles. The molecular weight excluding hydrogens is 480 g/mol. The molecule has 0 fully saturated rings. The highest BCUT2D eigenvalue weighted by Gasteiger charge is 2.28. The zero-order valence-electron chi connectivity index (χ0n) is 21.1. The predicted molar refractivity (Wildman–Crippen MR) is 144 cm³/mol. The van der Waals surface area contributed by atoms with Crippen molar-refractivity contribution in [3.05, 3.63) is 94.0 Å². The fourth-order valence-electron chi connectivity index (χ4n) is 3.70. The van der Waals surface area contributed by atoms with Crippen LogP contribution < -0.4 is 9.62 Å². The van der Waals surface area contributed by atoms with E-state index in [2.05, 4.69) is 38.2 Å². The topological polar surface area (TPSA) is 66.5 Å². The van der Waals surface area contributed by atoms with Gasteiger partial charge in [0, 0.05) is 5.02 Å². The monoisotopic (exact) mass is 512 g/mol. The number of hydrogen-bond donors (Lipinski definition) is 1. The molecule has 0 aromatic heterocycles.